The predicted octanol–water partition coefficient (Wildman–Crippen LogP) is 3.57. The van der Waals surface area contributed by atoms with Crippen LogP contribution in [0.1, 0.15) is 48.7 Å². The van der Waals surface area contributed by atoms with Gasteiger partial charge < -0.3 is 4.74 Å². The second-order valence-corrected chi connectivity index (χ2v) is 9.14. The molecule has 1 aliphatic heterocycles. The van der Waals surface area contributed by atoms with Gasteiger partial charge in [-0.1, -0.05) is 36.4 Å². The minimum atomic E-state index is -3.25. The van der Waals surface area contributed by atoms with Gasteiger partial charge in [0.1, 0.15) is 5.82 Å². The summed E-state index contributed by atoms with van der Waals surface area (Å²) in [5.74, 6) is -0.246. The zero-order valence-corrected chi connectivity index (χ0v) is 17.2. The largest absolute Gasteiger partial charge is 0.371 e. The molecule has 2 aromatic carbocycles. The van der Waals surface area contributed by atoms with Crippen LogP contribution in [0.2, 0.25) is 0 Å². The molecule has 1 fully saturated rings. The van der Waals surface area contributed by atoms with Crippen molar-refractivity contribution < 1.29 is 17.5 Å². The summed E-state index contributed by atoms with van der Waals surface area (Å²) in [5, 5.41) is 0. The maximum absolute atomic E-state index is 13.2. The monoisotopic (exact) mass is 406 g/mol. The second-order valence-electron chi connectivity index (χ2n) is 7.36. The highest BCUT2D eigenvalue weighted by Crippen LogP contribution is 2.29. The average molecular weight is 407 g/mol. The number of rotatable bonds is 6. The molecule has 1 heterocycles. The van der Waals surface area contributed by atoms with Gasteiger partial charge in [0.2, 0.25) is 10.0 Å². The molecule has 3 atom stereocenters. The van der Waals surface area contributed by atoms with Crippen LogP contribution in [0.15, 0.2) is 48.5 Å². The fourth-order valence-electron chi connectivity index (χ4n) is 3.56. The summed E-state index contributed by atoms with van der Waals surface area (Å²) in [4.78, 5) is 2.35. The molecule has 0 saturated carbocycles. The lowest BCUT2D eigenvalue weighted by atomic mass is 10.0. The summed E-state index contributed by atoms with van der Waals surface area (Å²) >= 11 is 0. The molecule has 2 aromatic rings. The number of benzene rings is 2. The average Bonchev–Trinajstić information content (AvgIpc) is 2.67. The Bertz CT molecular complexity index is 885. The summed E-state index contributed by atoms with van der Waals surface area (Å²) < 4.78 is 44.5. The van der Waals surface area contributed by atoms with Crippen molar-refractivity contribution in [2.24, 2.45) is 0 Å². The number of morpholine rings is 1. The first-order chi connectivity index (χ1) is 13.2. The third-order valence-electron chi connectivity index (χ3n) is 5.20. The summed E-state index contributed by atoms with van der Waals surface area (Å²) in [7, 11) is -3.25. The molecule has 5 nitrogen and oxygen atoms in total. The van der Waals surface area contributed by atoms with Crippen molar-refractivity contribution in [1.29, 1.82) is 0 Å². The van der Waals surface area contributed by atoms with Crippen LogP contribution in [0.25, 0.3) is 0 Å². The Morgan fingerprint density at radius 2 is 1.68 bits per heavy atom. The van der Waals surface area contributed by atoms with E-state index in [4.69, 9.17) is 4.74 Å². The van der Waals surface area contributed by atoms with E-state index >= 15 is 0 Å². The predicted molar refractivity (Wildman–Crippen MR) is 108 cm³/mol. The molecule has 1 N–H and O–H groups in total. The summed E-state index contributed by atoms with van der Waals surface area (Å²) in [5.41, 5.74) is 3.07. The lowest BCUT2D eigenvalue weighted by Crippen LogP contribution is -2.39. The molecule has 0 radical (unpaired) electrons. The first kappa shape index (κ1) is 20.9. The maximum Gasteiger partial charge on any atom is 0.209 e. The van der Waals surface area contributed by atoms with Crippen LogP contribution >= 0.6 is 0 Å². The van der Waals surface area contributed by atoms with E-state index in [1.807, 2.05) is 31.2 Å². The summed E-state index contributed by atoms with van der Waals surface area (Å²) in [6.45, 7) is 6.17. The first-order valence-corrected chi connectivity index (χ1v) is 11.3. The Labute approximate surface area is 166 Å². The zero-order valence-electron chi connectivity index (χ0n) is 16.4. The van der Waals surface area contributed by atoms with Gasteiger partial charge in [-0.25, -0.2) is 17.5 Å². The molecular weight excluding hydrogens is 379 g/mol. The highest BCUT2D eigenvalue weighted by molar-refractivity contribution is 7.88. The van der Waals surface area contributed by atoms with Crippen LogP contribution in [-0.2, 0) is 14.8 Å². The van der Waals surface area contributed by atoms with Crippen LogP contribution in [0, 0.1) is 5.82 Å². The smallest absolute Gasteiger partial charge is 0.209 e. The van der Waals surface area contributed by atoms with Crippen molar-refractivity contribution in [1.82, 2.24) is 9.62 Å². The molecule has 1 saturated heterocycles. The molecule has 28 heavy (non-hydrogen) atoms. The standard InChI is InChI=1S/C21H27FN2O3S/c1-15(23-28(3,25)26)17-4-6-18(7-5-17)16(2)24-12-13-27-21(14-24)19-8-10-20(22)11-9-19/h4-11,15-16,21,23H,12-14H2,1-3H3/t15-,16?,21+/m1/s1. The third-order valence-corrected chi connectivity index (χ3v) is 5.98. The van der Waals surface area contributed by atoms with E-state index < -0.39 is 10.0 Å². The Morgan fingerprint density at radius 3 is 2.29 bits per heavy atom. The van der Waals surface area contributed by atoms with Crippen molar-refractivity contribution in [3.63, 3.8) is 0 Å². The van der Waals surface area contributed by atoms with E-state index in [1.54, 1.807) is 12.1 Å². The summed E-state index contributed by atoms with van der Waals surface area (Å²) in [6.07, 6.45) is 1.09. The molecule has 3 rings (SSSR count). The molecule has 152 valence electrons. The molecule has 0 aromatic heterocycles. The second kappa shape index (κ2) is 8.69. The Kier molecular flexibility index (Phi) is 6.50. The Morgan fingerprint density at radius 1 is 1.07 bits per heavy atom. The normalized spacial score (nSPS) is 20.6. The fourth-order valence-corrected chi connectivity index (χ4v) is 4.34. The fraction of sp³-hybridized carbons (Fsp3) is 0.429. The molecule has 0 bridgehead atoms. The van der Waals surface area contributed by atoms with E-state index in [1.165, 1.54) is 12.1 Å². The minimum Gasteiger partial charge on any atom is -0.371 e. The van der Waals surface area contributed by atoms with Crippen molar-refractivity contribution in [2.45, 2.75) is 32.0 Å². The number of hydrogen-bond acceptors (Lipinski definition) is 4. The Balaban J connectivity index is 1.67. The lowest BCUT2D eigenvalue weighted by Gasteiger charge is -2.37. The van der Waals surface area contributed by atoms with Crippen LogP contribution in [0.4, 0.5) is 4.39 Å². The molecular formula is C21H27FN2O3S. The van der Waals surface area contributed by atoms with Crippen LogP contribution in [0.5, 0.6) is 0 Å². The van der Waals surface area contributed by atoms with E-state index in [2.05, 4.69) is 16.5 Å². The quantitative estimate of drug-likeness (QED) is 0.797. The van der Waals surface area contributed by atoms with Gasteiger partial charge in [0.25, 0.3) is 0 Å². The van der Waals surface area contributed by atoms with Crippen molar-refractivity contribution in [2.75, 3.05) is 26.0 Å². The van der Waals surface area contributed by atoms with Gasteiger partial charge >= 0.3 is 0 Å². The SMILES string of the molecule is CC(c1ccc([C@@H](C)NS(C)(=O)=O)cc1)N1CCO[C@H](c2ccc(F)cc2)C1. The first-order valence-electron chi connectivity index (χ1n) is 9.41. The number of nitrogens with one attached hydrogen (secondary N) is 1. The van der Waals surface area contributed by atoms with Gasteiger partial charge in [-0.05, 0) is 42.7 Å². The van der Waals surface area contributed by atoms with E-state index in [0.29, 0.717) is 6.61 Å². The van der Waals surface area contributed by atoms with E-state index in [-0.39, 0.29) is 24.0 Å². The number of sulfonamides is 1. The van der Waals surface area contributed by atoms with Gasteiger partial charge in [-0.3, -0.25) is 4.90 Å². The third kappa shape index (κ3) is 5.38. The van der Waals surface area contributed by atoms with Gasteiger partial charge in [0, 0.05) is 25.2 Å². The highest BCUT2D eigenvalue weighted by Gasteiger charge is 2.26. The van der Waals surface area contributed by atoms with Gasteiger partial charge in [0.15, 0.2) is 0 Å². The van der Waals surface area contributed by atoms with E-state index in [9.17, 15) is 12.8 Å². The van der Waals surface area contributed by atoms with Gasteiger partial charge in [0.05, 0.1) is 19.0 Å². The van der Waals surface area contributed by atoms with Crippen LogP contribution in [0.3, 0.4) is 0 Å². The highest BCUT2D eigenvalue weighted by atomic mass is 32.2. The topological polar surface area (TPSA) is 58.6 Å². The van der Waals surface area contributed by atoms with Crippen LogP contribution in [-0.4, -0.2) is 39.3 Å². The number of hydrogen-bond donors (Lipinski definition) is 1. The van der Waals surface area contributed by atoms with Crippen LogP contribution < -0.4 is 4.72 Å². The van der Waals surface area contributed by atoms with Crippen molar-refractivity contribution in [3.8, 4) is 0 Å². The molecule has 1 unspecified atom stereocenters. The van der Waals surface area contributed by atoms with Gasteiger partial charge in [-0.15, -0.1) is 0 Å². The van der Waals surface area contributed by atoms with Gasteiger partial charge in [-0.2, -0.15) is 0 Å². The minimum absolute atomic E-state index is 0.0740. The zero-order chi connectivity index (χ0) is 20.3. The molecule has 0 spiro atoms. The summed E-state index contributed by atoms with van der Waals surface area (Å²) in [6, 6.07) is 14.4. The molecule has 7 heteroatoms. The Hall–Kier alpha value is -1.80. The molecule has 0 amide bonds. The van der Waals surface area contributed by atoms with E-state index in [0.717, 1.165) is 36.0 Å². The maximum atomic E-state index is 13.2. The molecule has 0 aliphatic carbocycles. The lowest BCUT2D eigenvalue weighted by molar-refractivity contribution is -0.0431. The number of nitrogens with zero attached hydrogens (tertiary/aromatic N) is 1. The number of halogens is 1. The van der Waals surface area contributed by atoms with Crippen molar-refractivity contribution in [3.05, 3.63) is 71.0 Å². The van der Waals surface area contributed by atoms with Crippen molar-refractivity contribution >= 4 is 10.0 Å². The number of ether oxygens (including phenoxy) is 1. The molecule has 1 aliphatic rings.